The van der Waals surface area contributed by atoms with E-state index in [1.54, 1.807) is 7.11 Å². The highest BCUT2D eigenvalue weighted by Crippen LogP contribution is 2.49. The Labute approximate surface area is 174 Å². The van der Waals surface area contributed by atoms with E-state index in [1.165, 1.54) is 11.8 Å². The van der Waals surface area contributed by atoms with Crippen LogP contribution in [-0.4, -0.2) is 28.6 Å². The molecule has 1 aliphatic carbocycles. The number of ketones is 1. The Hall–Kier alpha value is -2.54. The van der Waals surface area contributed by atoms with E-state index < -0.39 is 11.8 Å². The van der Waals surface area contributed by atoms with Crippen molar-refractivity contribution in [3.8, 4) is 5.75 Å². The van der Waals surface area contributed by atoms with Gasteiger partial charge in [-0.25, -0.2) is 4.98 Å². The second-order valence-corrected chi connectivity index (χ2v) is 9.37. The topological polar surface area (TPSA) is 84.1 Å². The number of methoxy groups -OCH3 is 1. The second kappa shape index (κ2) is 7.37. The molecule has 4 rings (SSSR count). The molecule has 2 heterocycles. The van der Waals surface area contributed by atoms with Gasteiger partial charge < -0.3 is 15.0 Å². The number of thioether (sulfide) groups is 1. The number of Topliss-reactive ketones (excluding diaryl/α,β-unsaturated/α-hetero) is 1. The second-order valence-electron chi connectivity index (χ2n) is 8.12. The molecule has 2 atom stereocenters. The Balaban J connectivity index is 1.99. The zero-order valence-electron chi connectivity index (χ0n) is 17.0. The number of rotatable bonds is 4. The zero-order valence-corrected chi connectivity index (χ0v) is 17.9. The molecule has 1 aromatic carbocycles. The molecule has 6 nitrogen and oxygen atoms in total. The van der Waals surface area contributed by atoms with Crippen LogP contribution < -0.4 is 15.6 Å². The van der Waals surface area contributed by atoms with Crippen molar-refractivity contribution in [3.63, 3.8) is 0 Å². The van der Waals surface area contributed by atoms with Crippen LogP contribution in [0.3, 0.4) is 0 Å². The predicted molar refractivity (Wildman–Crippen MR) is 115 cm³/mol. The van der Waals surface area contributed by atoms with Crippen molar-refractivity contribution in [2.75, 3.05) is 18.2 Å². The number of carbonyl (C=O) groups is 1. The van der Waals surface area contributed by atoms with Crippen LogP contribution in [0.2, 0.25) is 0 Å². The van der Waals surface area contributed by atoms with Gasteiger partial charge in [-0.2, -0.15) is 0 Å². The van der Waals surface area contributed by atoms with Crippen molar-refractivity contribution in [1.82, 2.24) is 9.97 Å². The summed E-state index contributed by atoms with van der Waals surface area (Å²) in [5, 5.41) is 3.89. The molecule has 0 radical (unpaired) electrons. The monoisotopic (exact) mass is 411 g/mol. The minimum absolute atomic E-state index is 0.118. The summed E-state index contributed by atoms with van der Waals surface area (Å²) in [7, 11) is 1.60. The lowest BCUT2D eigenvalue weighted by Crippen LogP contribution is -2.41. The van der Waals surface area contributed by atoms with Gasteiger partial charge in [-0.05, 0) is 17.2 Å². The number of hydrogen-bond donors (Lipinski definition) is 2. The van der Waals surface area contributed by atoms with Gasteiger partial charge in [-0.3, -0.25) is 9.59 Å². The van der Waals surface area contributed by atoms with E-state index in [2.05, 4.69) is 21.4 Å². The van der Waals surface area contributed by atoms with E-state index in [4.69, 9.17) is 4.74 Å². The fourth-order valence-electron chi connectivity index (χ4n) is 4.39. The summed E-state index contributed by atoms with van der Waals surface area (Å²) in [6, 6.07) is 7.58. The number of aromatic nitrogens is 2. The van der Waals surface area contributed by atoms with Gasteiger partial charge in [-0.1, -0.05) is 56.8 Å². The lowest BCUT2D eigenvalue weighted by molar-refractivity contribution is -0.124. The van der Waals surface area contributed by atoms with Gasteiger partial charge in [-0.15, -0.1) is 0 Å². The van der Waals surface area contributed by atoms with E-state index in [0.29, 0.717) is 28.7 Å². The van der Waals surface area contributed by atoms with Crippen molar-refractivity contribution in [2.24, 2.45) is 11.3 Å². The van der Waals surface area contributed by atoms with Gasteiger partial charge in [0.25, 0.3) is 5.56 Å². The Kier molecular flexibility index (Phi) is 5.02. The van der Waals surface area contributed by atoms with Crippen molar-refractivity contribution < 1.29 is 9.53 Å². The first kappa shape index (κ1) is 19.8. The van der Waals surface area contributed by atoms with E-state index >= 15 is 0 Å². The van der Waals surface area contributed by atoms with Crippen LogP contribution in [0.1, 0.15) is 44.2 Å². The molecule has 0 unspecified atom stereocenters. The number of anilines is 1. The molecule has 29 heavy (non-hydrogen) atoms. The number of aromatic amines is 1. The first-order valence-electron chi connectivity index (χ1n) is 9.77. The van der Waals surface area contributed by atoms with Crippen LogP contribution in [0, 0.1) is 11.3 Å². The number of carbonyl (C=O) groups excluding carboxylic acids is 1. The maximum absolute atomic E-state index is 13.3. The molecular weight excluding hydrogens is 386 g/mol. The molecule has 2 N–H and O–H groups in total. The van der Waals surface area contributed by atoms with Crippen molar-refractivity contribution in [1.29, 1.82) is 0 Å². The first-order chi connectivity index (χ1) is 13.8. The maximum atomic E-state index is 13.3. The first-order valence-corrected chi connectivity index (χ1v) is 10.8. The van der Waals surface area contributed by atoms with Crippen molar-refractivity contribution in [3.05, 3.63) is 57.5 Å². The van der Waals surface area contributed by atoms with Crippen LogP contribution in [0.5, 0.6) is 5.75 Å². The van der Waals surface area contributed by atoms with Crippen LogP contribution in [-0.2, 0) is 4.79 Å². The predicted octanol–water partition coefficient (Wildman–Crippen LogP) is 3.95. The number of ether oxygens (including phenoxy) is 1. The minimum Gasteiger partial charge on any atom is -0.496 e. The Bertz CT molecular complexity index is 1060. The van der Waals surface area contributed by atoms with Crippen LogP contribution >= 0.6 is 11.8 Å². The van der Waals surface area contributed by atoms with Crippen molar-refractivity contribution in [2.45, 2.75) is 38.3 Å². The lowest BCUT2D eigenvalue weighted by Gasteiger charge is -2.40. The summed E-state index contributed by atoms with van der Waals surface area (Å²) in [6.07, 6.45) is 2.54. The largest absolute Gasteiger partial charge is 0.496 e. The maximum Gasteiger partial charge on any atom is 0.257 e. The SMILES string of the molecule is CCSc1nc2c(c(=O)[nH]1)[C@@H](c1ccccc1OC)[C@@H]1C(=O)CC(C)(C)C=C1N2. The van der Waals surface area contributed by atoms with Crippen LogP contribution in [0.25, 0.3) is 0 Å². The smallest absolute Gasteiger partial charge is 0.257 e. The molecule has 152 valence electrons. The van der Waals surface area contributed by atoms with Gasteiger partial charge in [0, 0.05) is 23.6 Å². The normalized spacial score (nSPS) is 22.2. The molecule has 2 aromatic rings. The average molecular weight is 412 g/mol. The fourth-order valence-corrected chi connectivity index (χ4v) is 4.98. The highest BCUT2D eigenvalue weighted by Gasteiger charge is 2.46. The third kappa shape index (κ3) is 3.48. The van der Waals surface area contributed by atoms with E-state index in [-0.39, 0.29) is 16.8 Å². The number of nitrogens with zero attached hydrogens (tertiary/aromatic N) is 1. The van der Waals surface area contributed by atoms with E-state index in [9.17, 15) is 9.59 Å². The van der Waals surface area contributed by atoms with E-state index in [0.717, 1.165) is 17.0 Å². The summed E-state index contributed by atoms with van der Waals surface area (Å²) in [6.45, 7) is 6.11. The Morgan fingerprint density at radius 2 is 2.00 bits per heavy atom. The minimum atomic E-state index is -0.459. The number of fused-ring (bicyclic) bond motifs is 2. The lowest BCUT2D eigenvalue weighted by atomic mass is 9.67. The number of hydrogen-bond acceptors (Lipinski definition) is 6. The highest BCUT2D eigenvalue weighted by atomic mass is 32.2. The molecule has 2 aliphatic rings. The molecule has 1 aliphatic heterocycles. The molecular formula is C22H25N3O3S. The quantitative estimate of drug-likeness (QED) is 0.585. The fraction of sp³-hybridized carbons (Fsp3) is 0.409. The number of allylic oxidation sites excluding steroid dienone is 2. The van der Waals surface area contributed by atoms with E-state index in [1.807, 2.05) is 45.0 Å². The van der Waals surface area contributed by atoms with Crippen molar-refractivity contribution >= 4 is 23.4 Å². The number of para-hydroxylation sites is 1. The Morgan fingerprint density at radius 3 is 2.72 bits per heavy atom. The summed E-state index contributed by atoms with van der Waals surface area (Å²) in [4.78, 5) is 33.9. The summed E-state index contributed by atoms with van der Waals surface area (Å²) < 4.78 is 5.58. The molecule has 0 spiro atoms. The van der Waals surface area contributed by atoms with Gasteiger partial charge in [0.05, 0.1) is 18.6 Å². The molecule has 0 bridgehead atoms. The number of benzene rings is 1. The number of nitrogens with one attached hydrogen (secondary N) is 2. The van der Waals surface area contributed by atoms with Gasteiger partial charge in [0.2, 0.25) is 0 Å². The van der Waals surface area contributed by atoms with Crippen LogP contribution in [0.4, 0.5) is 5.82 Å². The molecule has 0 saturated carbocycles. The molecule has 1 aromatic heterocycles. The molecule has 0 fully saturated rings. The Morgan fingerprint density at radius 1 is 1.24 bits per heavy atom. The highest BCUT2D eigenvalue weighted by molar-refractivity contribution is 7.99. The average Bonchev–Trinajstić information content (AvgIpc) is 2.65. The molecule has 0 amide bonds. The third-order valence-electron chi connectivity index (χ3n) is 5.45. The number of H-pyrrole nitrogens is 1. The molecule has 7 heteroatoms. The summed E-state index contributed by atoms with van der Waals surface area (Å²) in [5.41, 5.74) is 1.67. The van der Waals surface area contributed by atoms with Gasteiger partial charge >= 0.3 is 0 Å². The summed E-state index contributed by atoms with van der Waals surface area (Å²) in [5.74, 6) is 1.19. The van der Waals surface area contributed by atoms with Gasteiger partial charge in [0.1, 0.15) is 17.4 Å². The standard InChI is InChI=1S/C22H25N3O3S/c1-5-29-21-24-19-18(20(27)25-21)16(12-8-6-7-9-15(12)28-4)17-13(23-19)10-22(2,3)11-14(17)26/h6-10,16-17H,5,11H2,1-4H3,(H2,23,24,25,27)/t16-,17-/m0/s1. The third-order valence-corrected chi connectivity index (χ3v) is 6.21. The van der Waals surface area contributed by atoms with Crippen LogP contribution in [0.15, 0.2) is 46.0 Å². The summed E-state index contributed by atoms with van der Waals surface area (Å²) >= 11 is 1.48. The molecule has 0 saturated heterocycles. The zero-order chi connectivity index (χ0) is 20.8. The van der Waals surface area contributed by atoms with Gasteiger partial charge in [0.15, 0.2) is 5.16 Å².